The number of pyridine rings is 1. The topological polar surface area (TPSA) is 113 Å². The molecule has 0 atom stereocenters. The van der Waals surface area contributed by atoms with Gasteiger partial charge in [-0.3, -0.25) is 9.20 Å². The lowest BCUT2D eigenvalue weighted by molar-refractivity contribution is 0.0517. The van der Waals surface area contributed by atoms with Gasteiger partial charge in [0, 0.05) is 6.20 Å². The standard InChI is InChI=1S/C12H14N4O3/c1-3-19-12(18)9-6(2)15-11-8(13)4-7(10(14)17)5-16(9)11/h4-5H,3,13H2,1-2H3,(H2,14,17). The predicted octanol–water partition coefficient (Wildman–Crippen LogP) is 0.501. The van der Waals surface area contributed by atoms with E-state index in [9.17, 15) is 9.59 Å². The third-order valence-corrected chi connectivity index (χ3v) is 2.68. The van der Waals surface area contributed by atoms with Gasteiger partial charge in [0.2, 0.25) is 5.91 Å². The van der Waals surface area contributed by atoms with Crippen LogP contribution < -0.4 is 11.5 Å². The summed E-state index contributed by atoms with van der Waals surface area (Å²) in [7, 11) is 0. The Balaban J connectivity index is 2.73. The fourth-order valence-corrected chi connectivity index (χ4v) is 1.86. The molecule has 0 bridgehead atoms. The van der Waals surface area contributed by atoms with Crippen molar-refractivity contribution in [3.8, 4) is 0 Å². The quantitative estimate of drug-likeness (QED) is 0.782. The van der Waals surface area contributed by atoms with Gasteiger partial charge in [0.1, 0.15) is 0 Å². The number of primary amides is 1. The maximum Gasteiger partial charge on any atom is 0.357 e. The Morgan fingerprint density at radius 1 is 1.47 bits per heavy atom. The van der Waals surface area contributed by atoms with Crippen LogP contribution in [0, 0.1) is 6.92 Å². The average Bonchev–Trinajstić information content (AvgIpc) is 2.66. The third-order valence-electron chi connectivity index (χ3n) is 2.68. The van der Waals surface area contributed by atoms with Crippen molar-refractivity contribution in [2.24, 2.45) is 5.73 Å². The fourth-order valence-electron chi connectivity index (χ4n) is 1.86. The van der Waals surface area contributed by atoms with E-state index in [1.807, 2.05) is 0 Å². The molecule has 4 N–H and O–H groups in total. The van der Waals surface area contributed by atoms with E-state index in [0.29, 0.717) is 11.3 Å². The molecule has 2 heterocycles. The van der Waals surface area contributed by atoms with Gasteiger partial charge in [-0.05, 0) is 19.9 Å². The van der Waals surface area contributed by atoms with Crippen LogP contribution in [0.2, 0.25) is 0 Å². The van der Waals surface area contributed by atoms with Crippen molar-refractivity contribution >= 4 is 23.2 Å². The molecule has 2 aromatic rings. The van der Waals surface area contributed by atoms with Crippen LogP contribution in [0.3, 0.4) is 0 Å². The number of hydrogen-bond donors (Lipinski definition) is 2. The van der Waals surface area contributed by atoms with Gasteiger partial charge in [-0.1, -0.05) is 0 Å². The molecule has 19 heavy (non-hydrogen) atoms. The number of fused-ring (bicyclic) bond motifs is 1. The Hall–Kier alpha value is -2.57. The van der Waals surface area contributed by atoms with Gasteiger partial charge < -0.3 is 16.2 Å². The van der Waals surface area contributed by atoms with E-state index in [0.717, 1.165) is 0 Å². The number of hydrogen-bond acceptors (Lipinski definition) is 5. The van der Waals surface area contributed by atoms with E-state index in [1.165, 1.54) is 16.7 Å². The van der Waals surface area contributed by atoms with Crippen LogP contribution in [0.5, 0.6) is 0 Å². The maximum absolute atomic E-state index is 11.9. The highest BCUT2D eigenvalue weighted by molar-refractivity contribution is 5.96. The van der Waals surface area contributed by atoms with Crippen molar-refractivity contribution in [3.63, 3.8) is 0 Å². The SMILES string of the molecule is CCOC(=O)c1c(C)nc2c(N)cc(C(N)=O)cn12. The van der Waals surface area contributed by atoms with E-state index < -0.39 is 11.9 Å². The number of imidazole rings is 1. The minimum atomic E-state index is -0.630. The second-order valence-electron chi connectivity index (χ2n) is 4.01. The molecule has 7 nitrogen and oxygen atoms in total. The number of nitrogens with zero attached hydrogens (tertiary/aromatic N) is 2. The molecule has 0 aliphatic heterocycles. The maximum atomic E-state index is 11.9. The van der Waals surface area contributed by atoms with Crippen molar-refractivity contribution in [3.05, 3.63) is 29.2 Å². The molecule has 0 aromatic carbocycles. The lowest BCUT2D eigenvalue weighted by Gasteiger charge is -2.05. The van der Waals surface area contributed by atoms with Gasteiger partial charge in [-0.2, -0.15) is 0 Å². The number of ether oxygens (including phenoxy) is 1. The summed E-state index contributed by atoms with van der Waals surface area (Å²) < 4.78 is 6.39. The summed E-state index contributed by atoms with van der Waals surface area (Å²) in [5.41, 5.74) is 12.6. The molecule has 0 saturated carbocycles. The van der Waals surface area contributed by atoms with Crippen molar-refractivity contribution < 1.29 is 14.3 Å². The van der Waals surface area contributed by atoms with E-state index in [2.05, 4.69) is 4.98 Å². The lowest BCUT2D eigenvalue weighted by Crippen LogP contribution is -2.14. The van der Waals surface area contributed by atoms with Crippen LogP contribution in [0.1, 0.15) is 33.5 Å². The molecule has 0 fully saturated rings. The Bertz CT molecular complexity index is 675. The number of anilines is 1. The average molecular weight is 262 g/mol. The predicted molar refractivity (Wildman–Crippen MR) is 68.8 cm³/mol. The van der Waals surface area contributed by atoms with Crippen molar-refractivity contribution in [2.75, 3.05) is 12.3 Å². The molecule has 0 unspecified atom stereocenters. The number of nitrogen functional groups attached to an aromatic ring is 1. The summed E-state index contributed by atoms with van der Waals surface area (Å²) in [4.78, 5) is 27.3. The largest absolute Gasteiger partial charge is 0.461 e. The van der Waals surface area contributed by atoms with Gasteiger partial charge >= 0.3 is 5.97 Å². The normalized spacial score (nSPS) is 10.6. The van der Waals surface area contributed by atoms with Gasteiger partial charge in [-0.25, -0.2) is 9.78 Å². The summed E-state index contributed by atoms with van der Waals surface area (Å²) >= 11 is 0. The zero-order valence-corrected chi connectivity index (χ0v) is 10.6. The number of carbonyl (C=O) groups is 2. The van der Waals surface area contributed by atoms with E-state index >= 15 is 0 Å². The highest BCUT2D eigenvalue weighted by Crippen LogP contribution is 2.20. The lowest BCUT2D eigenvalue weighted by atomic mass is 10.2. The highest BCUT2D eigenvalue weighted by Gasteiger charge is 2.20. The fraction of sp³-hybridized carbons (Fsp3) is 0.250. The first-order valence-electron chi connectivity index (χ1n) is 5.70. The number of aromatic nitrogens is 2. The number of carbonyl (C=O) groups excluding carboxylic acids is 2. The molecule has 7 heteroatoms. The monoisotopic (exact) mass is 262 g/mol. The van der Waals surface area contributed by atoms with Crippen molar-refractivity contribution in [1.82, 2.24) is 9.38 Å². The van der Waals surface area contributed by atoms with Crippen LogP contribution in [0.25, 0.3) is 5.65 Å². The van der Waals surface area contributed by atoms with Gasteiger partial charge in [0.05, 0.1) is 23.6 Å². The molecule has 100 valence electrons. The van der Waals surface area contributed by atoms with E-state index in [-0.39, 0.29) is 23.6 Å². The van der Waals surface area contributed by atoms with Crippen molar-refractivity contribution in [2.45, 2.75) is 13.8 Å². The molecular weight excluding hydrogens is 248 g/mol. The molecule has 0 spiro atoms. The number of nitrogens with two attached hydrogens (primary N) is 2. The van der Waals surface area contributed by atoms with E-state index in [1.54, 1.807) is 13.8 Å². The first-order chi connectivity index (χ1) is 8.95. The summed E-state index contributed by atoms with van der Waals surface area (Å²) in [5, 5.41) is 0. The number of esters is 1. The van der Waals surface area contributed by atoms with E-state index in [4.69, 9.17) is 16.2 Å². The van der Waals surface area contributed by atoms with Gasteiger partial charge in [0.15, 0.2) is 11.3 Å². The zero-order valence-electron chi connectivity index (χ0n) is 10.6. The highest BCUT2D eigenvalue weighted by atomic mass is 16.5. The Morgan fingerprint density at radius 3 is 2.74 bits per heavy atom. The Kier molecular flexibility index (Phi) is 3.12. The molecule has 2 rings (SSSR count). The summed E-state index contributed by atoms with van der Waals surface area (Å²) in [5.74, 6) is -1.15. The smallest absolute Gasteiger partial charge is 0.357 e. The van der Waals surface area contributed by atoms with Crippen LogP contribution in [0.4, 0.5) is 5.69 Å². The Labute approximate surface area is 109 Å². The molecular formula is C12H14N4O3. The molecule has 0 radical (unpaired) electrons. The van der Waals surface area contributed by atoms with Crippen molar-refractivity contribution in [1.29, 1.82) is 0 Å². The first kappa shape index (κ1) is 12.9. The Morgan fingerprint density at radius 2 is 2.16 bits per heavy atom. The minimum Gasteiger partial charge on any atom is -0.461 e. The van der Waals surface area contributed by atoms with Crippen LogP contribution in [-0.4, -0.2) is 27.9 Å². The number of rotatable bonds is 3. The zero-order chi connectivity index (χ0) is 14.2. The third kappa shape index (κ3) is 2.10. The minimum absolute atomic E-state index is 0.202. The number of amides is 1. The number of aryl methyl sites for hydroxylation is 1. The first-order valence-corrected chi connectivity index (χ1v) is 5.70. The van der Waals surface area contributed by atoms with Crippen LogP contribution in [-0.2, 0) is 4.74 Å². The van der Waals surface area contributed by atoms with Gasteiger partial charge in [-0.15, -0.1) is 0 Å². The van der Waals surface area contributed by atoms with Crippen LogP contribution >= 0.6 is 0 Å². The molecule has 0 aliphatic rings. The molecule has 1 amide bonds. The summed E-state index contributed by atoms with van der Waals surface area (Å²) in [6.45, 7) is 3.62. The summed E-state index contributed by atoms with van der Waals surface area (Å²) in [6.07, 6.45) is 1.43. The summed E-state index contributed by atoms with van der Waals surface area (Å²) in [6, 6.07) is 1.43. The second kappa shape index (κ2) is 4.60. The molecule has 0 saturated heterocycles. The van der Waals surface area contributed by atoms with Gasteiger partial charge in [0.25, 0.3) is 0 Å². The molecule has 2 aromatic heterocycles. The van der Waals surface area contributed by atoms with Crippen LogP contribution in [0.15, 0.2) is 12.3 Å². The molecule has 0 aliphatic carbocycles. The second-order valence-corrected chi connectivity index (χ2v) is 4.01.